The van der Waals surface area contributed by atoms with Crippen molar-refractivity contribution >= 4 is 58.2 Å². The van der Waals surface area contributed by atoms with Crippen molar-refractivity contribution in [3.8, 4) is 0 Å². The van der Waals surface area contributed by atoms with Gasteiger partial charge in [-0.3, -0.25) is 28.8 Å². The van der Waals surface area contributed by atoms with E-state index in [1.807, 2.05) is 35.9 Å². The molecule has 6 amide bonds. The largest absolute Gasteiger partial charge is 0.481 e. The molecule has 0 spiro atoms. The zero-order valence-electron chi connectivity index (χ0n) is 33.0. The third-order valence-corrected chi connectivity index (χ3v) is 8.52. The maximum atomic E-state index is 12.9. The van der Waals surface area contributed by atoms with Crippen LogP contribution in [0.25, 0.3) is 10.9 Å². The Morgan fingerprint density at radius 3 is 2.21 bits per heavy atom. The van der Waals surface area contributed by atoms with Crippen LogP contribution in [-0.2, 0) is 62.7 Å². The van der Waals surface area contributed by atoms with Crippen LogP contribution in [0, 0.1) is 0 Å². The van der Waals surface area contributed by atoms with Crippen molar-refractivity contribution in [1.82, 2.24) is 36.5 Å². The van der Waals surface area contributed by atoms with Crippen molar-refractivity contribution in [2.24, 2.45) is 0 Å². The normalized spacial score (nSPS) is 11.8. The minimum absolute atomic E-state index is 0.0217. The van der Waals surface area contributed by atoms with Crippen LogP contribution >= 0.6 is 0 Å². The van der Waals surface area contributed by atoms with Crippen LogP contribution in [0.4, 0.5) is 10.5 Å². The fourth-order valence-corrected chi connectivity index (χ4v) is 5.51. The third kappa shape index (κ3) is 17.0. The van der Waals surface area contributed by atoms with E-state index in [0.29, 0.717) is 18.8 Å². The number of rotatable bonds is 26. The van der Waals surface area contributed by atoms with Crippen LogP contribution in [0.15, 0.2) is 54.6 Å². The highest BCUT2D eigenvalue weighted by atomic mass is 16.5. The number of nitrogens with one attached hydrogen (secondary N) is 7. The summed E-state index contributed by atoms with van der Waals surface area (Å²) in [6.45, 7) is 2.83. The number of hydrogen-bond donors (Lipinski definition) is 8. The number of hydrogen-bond acceptors (Lipinski definition) is 11. The Morgan fingerprint density at radius 2 is 1.50 bits per heavy atom. The summed E-state index contributed by atoms with van der Waals surface area (Å²) in [6.07, 6.45) is -0.876. The summed E-state index contributed by atoms with van der Waals surface area (Å²) in [5, 5.41) is 28.7. The molecule has 19 nitrogen and oxygen atoms in total. The first-order valence-corrected chi connectivity index (χ1v) is 18.9. The summed E-state index contributed by atoms with van der Waals surface area (Å²) in [4.78, 5) is 85.0. The first-order valence-electron chi connectivity index (χ1n) is 18.9. The molecular formula is C39H54N8O11. The number of benzene rings is 2. The van der Waals surface area contributed by atoms with Crippen LogP contribution < -0.4 is 37.2 Å². The highest BCUT2D eigenvalue weighted by Gasteiger charge is 2.22. The number of amides is 6. The summed E-state index contributed by atoms with van der Waals surface area (Å²) in [5.41, 5.74) is 3.19. The van der Waals surface area contributed by atoms with Gasteiger partial charge in [-0.05, 0) is 55.6 Å². The minimum atomic E-state index is -1.09. The summed E-state index contributed by atoms with van der Waals surface area (Å²) >= 11 is 0. The first-order chi connectivity index (χ1) is 27.9. The lowest BCUT2D eigenvalue weighted by molar-refractivity contribution is -0.138. The number of carboxylic acids is 1. The molecule has 3 rings (SSSR count). The average molecular weight is 811 g/mol. The molecule has 2 aromatic carbocycles. The van der Waals surface area contributed by atoms with Crippen molar-refractivity contribution in [1.29, 1.82) is 0 Å². The van der Waals surface area contributed by atoms with Crippen LogP contribution in [0.3, 0.4) is 0 Å². The summed E-state index contributed by atoms with van der Waals surface area (Å²) in [7, 11) is 3.29. The van der Waals surface area contributed by atoms with Gasteiger partial charge in [0.05, 0.1) is 33.0 Å². The van der Waals surface area contributed by atoms with E-state index in [-0.39, 0.29) is 77.7 Å². The van der Waals surface area contributed by atoms with Crippen molar-refractivity contribution in [2.45, 2.75) is 64.4 Å². The fourth-order valence-electron chi connectivity index (χ4n) is 5.51. The molecular weight excluding hydrogens is 756 g/mol. The lowest BCUT2D eigenvalue weighted by Crippen LogP contribution is -2.47. The van der Waals surface area contributed by atoms with Gasteiger partial charge in [0.1, 0.15) is 18.7 Å². The molecule has 0 aliphatic carbocycles. The molecule has 2 atom stereocenters. The zero-order chi connectivity index (χ0) is 42.3. The van der Waals surface area contributed by atoms with Gasteiger partial charge in [-0.25, -0.2) is 4.79 Å². The van der Waals surface area contributed by atoms with Crippen molar-refractivity contribution in [3.63, 3.8) is 0 Å². The summed E-state index contributed by atoms with van der Waals surface area (Å²) < 4.78 is 17.9. The Balaban J connectivity index is 1.25. The van der Waals surface area contributed by atoms with E-state index in [1.54, 1.807) is 24.3 Å². The molecule has 0 aliphatic heterocycles. The minimum Gasteiger partial charge on any atom is -0.481 e. The molecule has 0 saturated carbocycles. The molecule has 1 heterocycles. The molecule has 19 heteroatoms. The van der Waals surface area contributed by atoms with Crippen LogP contribution in [0.5, 0.6) is 0 Å². The van der Waals surface area contributed by atoms with Crippen LogP contribution in [0.1, 0.15) is 43.9 Å². The van der Waals surface area contributed by atoms with Gasteiger partial charge in [0.15, 0.2) is 0 Å². The second kappa shape index (κ2) is 25.3. The van der Waals surface area contributed by atoms with Gasteiger partial charge in [0.2, 0.25) is 29.5 Å². The molecule has 0 unspecified atom stereocenters. The van der Waals surface area contributed by atoms with Crippen molar-refractivity contribution in [2.75, 3.05) is 58.9 Å². The van der Waals surface area contributed by atoms with E-state index >= 15 is 0 Å². The highest BCUT2D eigenvalue weighted by Crippen LogP contribution is 2.20. The SMILES string of the molecule is CNCc1cc2ccccc2n1CCC(=O)N[C@@H](CCC(=O)O)C(=O)NCCOCCOCCC(=O)NCC(=O)N[C@@H](C)C(=O)Nc1ccc(COC(=O)NC)cc1. The smallest absolute Gasteiger partial charge is 0.407 e. The molecule has 316 valence electrons. The van der Waals surface area contributed by atoms with E-state index < -0.39 is 47.8 Å². The highest BCUT2D eigenvalue weighted by molar-refractivity contribution is 5.97. The van der Waals surface area contributed by atoms with Gasteiger partial charge >= 0.3 is 12.1 Å². The zero-order valence-corrected chi connectivity index (χ0v) is 33.0. The number of aromatic nitrogens is 1. The Kier molecular flexibility index (Phi) is 20.2. The van der Waals surface area contributed by atoms with Gasteiger partial charge in [0.25, 0.3) is 0 Å². The van der Waals surface area contributed by atoms with E-state index in [1.165, 1.54) is 14.0 Å². The number of nitrogens with zero attached hydrogens (tertiary/aromatic N) is 1. The lowest BCUT2D eigenvalue weighted by atomic mass is 10.1. The van der Waals surface area contributed by atoms with Crippen molar-refractivity contribution < 1.29 is 52.9 Å². The number of carboxylic acid groups (broad SMARTS) is 1. The van der Waals surface area contributed by atoms with Crippen molar-refractivity contribution in [3.05, 3.63) is 65.9 Å². The number of aryl methyl sites for hydroxylation is 1. The number of para-hydroxylation sites is 1. The Labute approximate surface area is 336 Å². The van der Waals surface area contributed by atoms with E-state index in [2.05, 4.69) is 43.3 Å². The monoisotopic (exact) mass is 810 g/mol. The number of carbonyl (C=O) groups excluding carboxylic acids is 6. The van der Waals surface area contributed by atoms with Crippen LogP contribution in [0.2, 0.25) is 0 Å². The van der Waals surface area contributed by atoms with Gasteiger partial charge < -0.3 is 61.1 Å². The number of fused-ring (bicyclic) bond motifs is 1. The molecule has 3 aromatic rings. The van der Waals surface area contributed by atoms with Gasteiger partial charge in [-0.15, -0.1) is 0 Å². The molecule has 0 bridgehead atoms. The molecule has 0 radical (unpaired) electrons. The molecule has 0 saturated heterocycles. The maximum Gasteiger partial charge on any atom is 0.407 e. The number of anilines is 1. The predicted molar refractivity (Wildman–Crippen MR) is 212 cm³/mol. The quantitative estimate of drug-likeness (QED) is 0.0523. The first kappa shape index (κ1) is 46.3. The Hall–Kier alpha value is -6.05. The average Bonchev–Trinajstić information content (AvgIpc) is 3.56. The van der Waals surface area contributed by atoms with Gasteiger partial charge in [-0.2, -0.15) is 0 Å². The molecule has 1 aromatic heterocycles. The summed E-state index contributed by atoms with van der Waals surface area (Å²) in [5.74, 6) is -3.46. The molecule has 0 fully saturated rings. The second-order valence-electron chi connectivity index (χ2n) is 13.0. The van der Waals surface area contributed by atoms with Crippen LogP contribution in [-0.4, -0.2) is 117 Å². The van der Waals surface area contributed by atoms with Gasteiger partial charge in [-0.1, -0.05) is 30.3 Å². The van der Waals surface area contributed by atoms with E-state index in [9.17, 15) is 38.7 Å². The second-order valence-corrected chi connectivity index (χ2v) is 13.0. The molecule has 0 aliphatic rings. The van der Waals surface area contributed by atoms with E-state index in [0.717, 1.165) is 22.2 Å². The number of aliphatic carboxylic acids is 1. The van der Waals surface area contributed by atoms with Gasteiger partial charge in [0, 0.05) is 62.8 Å². The Morgan fingerprint density at radius 1 is 0.776 bits per heavy atom. The summed E-state index contributed by atoms with van der Waals surface area (Å²) in [6, 6.07) is 14.6. The number of carbonyl (C=O) groups is 7. The molecule has 58 heavy (non-hydrogen) atoms. The molecule has 8 N–H and O–H groups in total. The predicted octanol–water partition coefficient (Wildman–Crippen LogP) is 0.756. The topological polar surface area (TPSA) is 257 Å². The lowest BCUT2D eigenvalue weighted by Gasteiger charge is -2.18. The third-order valence-electron chi connectivity index (χ3n) is 8.52. The standard InChI is InChI=1S/C39H54N8O11/c1-26(37(53)45-29-10-8-27(9-11-29)25-58-39(55)41-3)44-35(50)24-43-33(48)15-18-56-20-21-57-19-16-42-38(54)31(12-13-36(51)52)46-34(49)14-17-47-30(23-40-2)22-28-6-4-5-7-32(28)47/h4-11,22,26,31,40H,12-21,23-25H2,1-3H3,(H,41,55)(H,42,54)(H,43,48)(H,44,50)(H,45,53)(H,46,49)(H,51,52)/t26-,31-/m0/s1. The maximum absolute atomic E-state index is 12.9. The Bertz CT molecular complexity index is 1830. The van der Waals surface area contributed by atoms with E-state index in [4.69, 9.17) is 14.2 Å². The number of alkyl carbamates (subject to hydrolysis) is 1. The fraction of sp³-hybridized carbons (Fsp3) is 0.462. The number of ether oxygens (including phenoxy) is 3.